The van der Waals surface area contributed by atoms with Gasteiger partial charge in [0.2, 0.25) is 0 Å². The molecule has 1 aliphatic carbocycles. The van der Waals surface area contributed by atoms with Crippen LogP contribution in [-0.4, -0.2) is 9.97 Å². The van der Waals surface area contributed by atoms with Crippen LogP contribution in [0.5, 0.6) is 0 Å². The molecule has 0 amide bonds. The Labute approximate surface area is 115 Å². The van der Waals surface area contributed by atoms with Crippen molar-refractivity contribution in [2.45, 2.75) is 0 Å². The van der Waals surface area contributed by atoms with E-state index in [0.717, 1.165) is 11.0 Å². The number of hydrogen-bond donors (Lipinski definition) is 0. The summed E-state index contributed by atoms with van der Waals surface area (Å²) < 4.78 is 0. The molecule has 2 heteroatoms. The SMILES string of the molecule is c1cnc2cc3c(cc2c1)-c1cccc2nccc-3c12. The molecule has 2 aromatic carbocycles. The van der Waals surface area contributed by atoms with E-state index in [1.807, 2.05) is 18.5 Å². The molecular weight excluding hydrogens is 244 g/mol. The normalized spacial score (nSPS) is 12.0. The van der Waals surface area contributed by atoms with E-state index in [1.54, 1.807) is 0 Å². The molecule has 20 heavy (non-hydrogen) atoms. The molecule has 0 N–H and O–H groups in total. The van der Waals surface area contributed by atoms with Crippen molar-refractivity contribution in [1.29, 1.82) is 0 Å². The summed E-state index contributed by atoms with van der Waals surface area (Å²) in [5.41, 5.74) is 7.22. The van der Waals surface area contributed by atoms with Crippen molar-refractivity contribution in [3.8, 4) is 22.3 Å². The van der Waals surface area contributed by atoms with Crippen molar-refractivity contribution in [3.05, 3.63) is 60.9 Å². The van der Waals surface area contributed by atoms with E-state index in [-0.39, 0.29) is 0 Å². The highest BCUT2D eigenvalue weighted by Crippen LogP contribution is 2.47. The summed E-state index contributed by atoms with van der Waals surface area (Å²) in [5, 5.41) is 2.45. The van der Waals surface area contributed by atoms with Crippen LogP contribution >= 0.6 is 0 Å². The minimum absolute atomic E-state index is 1.05. The second kappa shape index (κ2) is 3.42. The monoisotopic (exact) mass is 254 g/mol. The molecule has 5 rings (SSSR count). The zero-order chi connectivity index (χ0) is 13.1. The maximum absolute atomic E-state index is 4.48. The summed E-state index contributed by atoms with van der Waals surface area (Å²) >= 11 is 0. The van der Waals surface area contributed by atoms with E-state index >= 15 is 0 Å². The van der Waals surface area contributed by atoms with Gasteiger partial charge in [-0.25, -0.2) is 0 Å². The van der Waals surface area contributed by atoms with Crippen molar-refractivity contribution in [2.75, 3.05) is 0 Å². The van der Waals surface area contributed by atoms with Gasteiger partial charge in [-0.2, -0.15) is 0 Å². The zero-order valence-electron chi connectivity index (χ0n) is 10.7. The first-order valence-electron chi connectivity index (χ1n) is 6.69. The number of hydrogen-bond acceptors (Lipinski definition) is 2. The molecule has 1 aliphatic rings. The molecule has 0 unspecified atom stereocenters. The fourth-order valence-corrected chi connectivity index (χ4v) is 3.22. The Morgan fingerprint density at radius 1 is 0.600 bits per heavy atom. The molecule has 0 bridgehead atoms. The fourth-order valence-electron chi connectivity index (χ4n) is 3.22. The number of aromatic nitrogens is 2. The Kier molecular flexibility index (Phi) is 1.73. The lowest BCUT2D eigenvalue weighted by atomic mass is 10.0. The topological polar surface area (TPSA) is 25.8 Å². The molecule has 0 aliphatic heterocycles. The Balaban J connectivity index is 2.02. The molecule has 0 spiro atoms. The quantitative estimate of drug-likeness (QED) is 0.408. The second-order valence-electron chi connectivity index (χ2n) is 5.15. The molecule has 2 aromatic heterocycles. The highest BCUT2D eigenvalue weighted by Gasteiger charge is 2.21. The number of benzene rings is 2. The van der Waals surface area contributed by atoms with Crippen molar-refractivity contribution >= 4 is 21.8 Å². The Hall–Kier alpha value is -2.74. The smallest absolute Gasteiger partial charge is 0.0714 e. The van der Waals surface area contributed by atoms with E-state index in [0.29, 0.717) is 0 Å². The molecule has 4 aromatic rings. The van der Waals surface area contributed by atoms with Crippen molar-refractivity contribution < 1.29 is 0 Å². The molecule has 0 atom stereocenters. The highest BCUT2D eigenvalue weighted by molar-refractivity contribution is 6.16. The van der Waals surface area contributed by atoms with E-state index in [4.69, 9.17) is 0 Å². The number of rotatable bonds is 0. The largest absolute Gasteiger partial charge is 0.256 e. The molecular formula is C18H10N2. The third kappa shape index (κ3) is 1.14. The van der Waals surface area contributed by atoms with Crippen LogP contribution in [0.4, 0.5) is 0 Å². The van der Waals surface area contributed by atoms with Gasteiger partial charge in [-0.15, -0.1) is 0 Å². The highest BCUT2D eigenvalue weighted by atomic mass is 14.7. The standard InChI is InChI=1S/C18H10N2/c1-4-12-14-9-11-3-2-7-19-17(11)10-15(14)13-6-8-20-16(5-1)18(12)13/h1-10H. The van der Waals surface area contributed by atoms with Crippen LogP contribution in [0, 0.1) is 0 Å². The fraction of sp³-hybridized carbons (Fsp3) is 0. The van der Waals surface area contributed by atoms with E-state index in [9.17, 15) is 0 Å². The maximum atomic E-state index is 4.48. The van der Waals surface area contributed by atoms with Gasteiger partial charge in [0.05, 0.1) is 11.0 Å². The lowest BCUT2D eigenvalue weighted by Crippen LogP contribution is -1.81. The Bertz CT molecular complexity index is 925. The van der Waals surface area contributed by atoms with Gasteiger partial charge in [0, 0.05) is 23.2 Å². The van der Waals surface area contributed by atoms with Gasteiger partial charge in [0.15, 0.2) is 0 Å². The van der Waals surface area contributed by atoms with E-state index in [1.165, 1.54) is 33.0 Å². The molecule has 92 valence electrons. The minimum atomic E-state index is 1.05. The van der Waals surface area contributed by atoms with Gasteiger partial charge in [-0.1, -0.05) is 18.2 Å². The van der Waals surface area contributed by atoms with Crippen LogP contribution in [-0.2, 0) is 0 Å². The van der Waals surface area contributed by atoms with E-state index < -0.39 is 0 Å². The lowest BCUT2D eigenvalue weighted by molar-refractivity contribution is 1.41. The first-order chi connectivity index (χ1) is 9.92. The average Bonchev–Trinajstić information content (AvgIpc) is 2.82. The molecule has 0 radical (unpaired) electrons. The van der Waals surface area contributed by atoms with E-state index in [2.05, 4.69) is 52.4 Å². The predicted octanol–water partition coefficient (Wildman–Crippen LogP) is 4.43. The van der Waals surface area contributed by atoms with Gasteiger partial charge in [0.1, 0.15) is 0 Å². The molecule has 2 heterocycles. The van der Waals surface area contributed by atoms with Gasteiger partial charge in [0.25, 0.3) is 0 Å². The average molecular weight is 254 g/mol. The number of pyridine rings is 2. The van der Waals surface area contributed by atoms with Crippen molar-refractivity contribution in [2.24, 2.45) is 0 Å². The van der Waals surface area contributed by atoms with Crippen LogP contribution < -0.4 is 0 Å². The second-order valence-corrected chi connectivity index (χ2v) is 5.15. The molecule has 0 fully saturated rings. The first-order valence-corrected chi connectivity index (χ1v) is 6.69. The summed E-state index contributed by atoms with van der Waals surface area (Å²) in [6, 6.07) is 17.0. The molecule has 0 saturated carbocycles. The third-order valence-electron chi connectivity index (χ3n) is 4.09. The van der Waals surface area contributed by atoms with Gasteiger partial charge >= 0.3 is 0 Å². The van der Waals surface area contributed by atoms with Crippen LogP contribution in [0.2, 0.25) is 0 Å². The summed E-state index contributed by atoms with van der Waals surface area (Å²) in [6.07, 6.45) is 3.73. The number of fused-ring (bicyclic) bond motifs is 4. The molecule has 2 nitrogen and oxygen atoms in total. The van der Waals surface area contributed by atoms with Crippen LogP contribution in [0.15, 0.2) is 60.9 Å². The Morgan fingerprint density at radius 3 is 2.45 bits per heavy atom. The van der Waals surface area contributed by atoms with Gasteiger partial charge < -0.3 is 0 Å². The van der Waals surface area contributed by atoms with Gasteiger partial charge in [-0.3, -0.25) is 9.97 Å². The van der Waals surface area contributed by atoms with Crippen molar-refractivity contribution in [1.82, 2.24) is 9.97 Å². The minimum Gasteiger partial charge on any atom is -0.256 e. The van der Waals surface area contributed by atoms with Crippen LogP contribution in [0.25, 0.3) is 44.1 Å². The Morgan fingerprint density at radius 2 is 1.45 bits per heavy atom. The molecule has 0 saturated heterocycles. The first kappa shape index (κ1) is 10.1. The van der Waals surface area contributed by atoms with Crippen LogP contribution in [0.1, 0.15) is 0 Å². The lowest BCUT2D eigenvalue weighted by Gasteiger charge is -2.04. The van der Waals surface area contributed by atoms with Gasteiger partial charge in [-0.05, 0) is 52.6 Å². The zero-order valence-corrected chi connectivity index (χ0v) is 10.7. The summed E-state index contributed by atoms with van der Waals surface area (Å²) in [5.74, 6) is 0. The number of nitrogens with zero attached hydrogens (tertiary/aromatic N) is 2. The summed E-state index contributed by atoms with van der Waals surface area (Å²) in [7, 11) is 0. The van der Waals surface area contributed by atoms with Crippen LogP contribution in [0.3, 0.4) is 0 Å². The predicted molar refractivity (Wildman–Crippen MR) is 81.5 cm³/mol. The van der Waals surface area contributed by atoms with Crippen molar-refractivity contribution in [3.63, 3.8) is 0 Å². The third-order valence-corrected chi connectivity index (χ3v) is 4.09. The summed E-state index contributed by atoms with van der Waals surface area (Å²) in [6.45, 7) is 0. The maximum Gasteiger partial charge on any atom is 0.0714 e. The summed E-state index contributed by atoms with van der Waals surface area (Å²) in [4.78, 5) is 8.95.